The monoisotopic (exact) mass is 316 g/mol. The molecular formula is C5H8F3IZn. The fraction of sp³-hybridized carbons (Fsp3) is 0.800. The first-order valence-electron chi connectivity index (χ1n) is 2.42. The molecule has 0 saturated carbocycles. The molecule has 0 rings (SSSR count). The van der Waals surface area contributed by atoms with Gasteiger partial charge in [0.25, 0.3) is 0 Å². The molecule has 0 atom stereocenters. The van der Waals surface area contributed by atoms with Crippen LogP contribution in [0.3, 0.4) is 0 Å². The minimum atomic E-state index is -3.99. The van der Waals surface area contributed by atoms with Gasteiger partial charge in [-0.3, -0.25) is 0 Å². The zero-order valence-electron chi connectivity index (χ0n) is 5.55. The number of rotatable bonds is 2. The fourth-order valence-corrected chi connectivity index (χ4v) is 0.325. The van der Waals surface area contributed by atoms with Crippen molar-refractivity contribution in [2.45, 2.75) is 25.4 Å². The topological polar surface area (TPSA) is 0 Å². The number of halogens is 4. The molecule has 0 radical (unpaired) electrons. The number of alkyl halides is 3. The molecule has 0 aliphatic rings. The minimum Gasteiger partial charge on any atom is -1.00 e. The number of hydrogen-bond donors (Lipinski definition) is 0. The SMILES string of the molecule is [CH2-]CCCC(F)(F)F.[I-].[Zn+2]. The van der Waals surface area contributed by atoms with Crippen LogP contribution in [-0.4, -0.2) is 6.18 Å². The van der Waals surface area contributed by atoms with Crippen molar-refractivity contribution >= 4 is 0 Å². The first-order chi connectivity index (χ1) is 3.56. The Morgan fingerprint density at radius 3 is 1.70 bits per heavy atom. The van der Waals surface area contributed by atoms with E-state index < -0.39 is 12.6 Å². The van der Waals surface area contributed by atoms with Gasteiger partial charge in [-0.25, -0.2) is 0 Å². The molecule has 0 unspecified atom stereocenters. The predicted octanol–water partition coefficient (Wildman–Crippen LogP) is -0.445. The fourth-order valence-electron chi connectivity index (χ4n) is 0.325. The third-order valence-electron chi connectivity index (χ3n) is 0.710. The molecule has 0 bridgehead atoms. The Bertz CT molecular complexity index is 64.4. The van der Waals surface area contributed by atoms with Gasteiger partial charge in [0.05, 0.1) is 0 Å². The van der Waals surface area contributed by atoms with Crippen molar-refractivity contribution in [1.82, 2.24) is 0 Å². The van der Waals surface area contributed by atoms with Gasteiger partial charge in [0.1, 0.15) is 0 Å². The summed E-state index contributed by atoms with van der Waals surface area (Å²) in [6, 6.07) is 0. The van der Waals surface area contributed by atoms with Crippen LogP contribution in [0, 0.1) is 6.92 Å². The summed E-state index contributed by atoms with van der Waals surface area (Å²) >= 11 is 0. The molecule has 0 aromatic heterocycles. The Labute approximate surface area is 88.7 Å². The van der Waals surface area contributed by atoms with E-state index in [0.29, 0.717) is 6.42 Å². The van der Waals surface area contributed by atoms with Crippen molar-refractivity contribution in [2.75, 3.05) is 0 Å². The quantitative estimate of drug-likeness (QED) is 0.368. The van der Waals surface area contributed by atoms with Crippen molar-refractivity contribution in [2.24, 2.45) is 0 Å². The molecule has 0 aromatic carbocycles. The van der Waals surface area contributed by atoms with Crippen LogP contribution in [0.4, 0.5) is 13.2 Å². The molecule has 5 heteroatoms. The van der Waals surface area contributed by atoms with Crippen LogP contribution in [0.25, 0.3) is 0 Å². The van der Waals surface area contributed by atoms with Gasteiger partial charge in [-0.15, -0.1) is 0 Å². The summed E-state index contributed by atoms with van der Waals surface area (Å²) in [6.07, 6.45) is -4.18. The number of unbranched alkanes of at least 4 members (excludes halogenated alkanes) is 1. The van der Waals surface area contributed by atoms with E-state index in [0.717, 1.165) is 0 Å². The molecule has 0 aromatic rings. The van der Waals surface area contributed by atoms with Gasteiger partial charge in [0.15, 0.2) is 0 Å². The average Bonchev–Trinajstić information content (AvgIpc) is 1.59. The van der Waals surface area contributed by atoms with Crippen LogP contribution in [-0.2, 0) is 19.5 Å². The summed E-state index contributed by atoms with van der Waals surface area (Å²) in [6.45, 7) is 3.29. The smallest absolute Gasteiger partial charge is 1.00 e. The van der Waals surface area contributed by atoms with Crippen molar-refractivity contribution in [3.63, 3.8) is 0 Å². The summed E-state index contributed by atoms with van der Waals surface area (Å²) in [7, 11) is 0. The molecule has 0 spiro atoms. The summed E-state index contributed by atoms with van der Waals surface area (Å²) in [5, 5.41) is 0. The molecule has 0 fully saturated rings. The van der Waals surface area contributed by atoms with Gasteiger partial charge < -0.3 is 30.9 Å². The van der Waals surface area contributed by atoms with Crippen molar-refractivity contribution in [3.05, 3.63) is 6.92 Å². The zero-order valence-corrected chi connectivity index (χ0v) is 10.7. The second-order valence-electron chi connectivity index (χ2n) is 1.57. The van der Waals surface area contributed by atoms with Gasteiger partial charge in [-0.2, -0.15) is 19.6 Å². The summed E-state index contributed by atoms with van der Waals surface area (Å²) < 4.78 is 33.6. The van der Waals surface area contributed by atoms with Gasteiger partial charge in [0.2, 0.25) is 0 Å². The van der Waals surface area contributed by atoms with Crippen LogP contribution in [0.2, 0.25) is 0 Å². The van der Waals surface area contributed by atoms with Gasteiger partial charge in [-0.1, -0.05) is 6.42 Å². The Hall–Kier alpha value is 1.14. The predicted molar refractivity (Wildman–Crippen MR) is 25.3 cm³/mol. The molecule has 0 heterocycles. The minimum absolute atomic E-state index is 0. The first-order valence-corrected chi connectivity index (χ1v) is 2.42. The van der Waals surface area contributed by atoms with Crippen LogP contribution in [0.15, 0.2) is 0 Å². The third kappa shape index (κ3) is 16.1. The Balaban J connectivity index is -0.000000245. The van der Waals surface area contributed by atoms with E-state index >= 15 is 0 Å². The first kappa shape index (κ1) is 17.3. The van der Waals surface area contributed by atoms with Gasteiger partial charge in [0, 0.05) is 6.42 Å². The van der Waals surface area contributed by atoms with Gasteiger partial charge >= 0.3 is 25.7 Å². The van der Waals surface area contributed by atoms with E-state index in [9.17, 15) is 13.2 Å². The van der Waals surface area contributed by atoms with Crippen LogP contribution in [0.1, 0.15) is 19.3 Å². The van der Waals surface area contributed by atoms with E-state index in [1.165, 1.54) is 0 Å². The maximum Gasteiger partial charge on any atom is 2.00 e. The molecule has 0 aliphatic carbocycles. The molecule has 58 valence electrons. The molecule has 0 amide bonds. The molecule has 0 saturated heterocycles. The Morgan fingerprint density at radius 1 is 1.20 bits per heavy atom. The molecular weight excluding hydrogens is 309 g/mol. The van der Waals surface area contributed by atoms with E-state index in [4.69, 9.17) is 0 Å². The second-order valence-corrected chi connectivity index (χ2v) is 1.57. The largest absolute Gasteiger partial charge is 2.00 e. The van der Waals surface area contributed by atoms with Crippen molar-refractivity contribution in [1.29, 1.82) is 0 Å². The van der Waals surface area contributed by atoms with Crippen LogP contribution < -0.4 is 24.0 Å². The molecule has 0 nitrogen and oxygen atoms in total. The molecule has 10 heavy (non-hydrogen) atoms. The second kappa shape index (κ2) is 8.24. The Kier molecular flexibility index (Phi) is 14.2. The normalized spacial score (nSPS) is 9.60. The van der Waals surface area contributed by atoms with Crippen molar-refractivity contribution in [3.8, 4) is 0 Å². The van der Waals surface area contributed by atoms with E-state index in [1.807, 2.05) is 0 Å². The maximum absolute atomic E-state index is 11.2. The average molecular weight is 317 g/mol. The van der Waals surface area contributed by atoms with Crippen LogP contribution in [0.5, 0.6) is 0 Å². The van der Waals surface area contributed by atoms with E-state index in [2.05, 4.69) is 6.92 Å². The summed E-state index contributed by atoms with van der Waals surface area (Å²) in [5.41, 5.74) is 0. The summed E-state index contributed by atoms with van der Waals surface area (Å²) in [4.78, 5) is 0. The standard InChI is InChI=1S/C5H8F3.HI.Zn/c1-2-3-4-5(6,7)8;;/h1-4H2;1H;/q-1;;+2/p-1. The van der Waals surface area contributed by atoms with E-state index in [-0.39, 0.29) is 49.9 Å². The van der Waals surface area contributed by atoms with E-state index in [1.54, 1.807) is 0 Å². The maximum atomic E-state index is 11.2. The number of hydrogen-bond acceptors (Lipinski definition) is 0. The molecule has 0 N–H and O–H groups in total. The Morgan fingerprint density at radius 2 is 1.60 bits per heavy atom. The zero-order chi connectivity index (χ0) is 6.62. The van der Waals surface area contributed by atoms with Crippen LogP contribution >= 0.6 is 0 Å². The van der Waals surface area contributed by atoms with Crippen molar-refractivity contribution < 1.29 is 56.6 Å². The summed E-state index contributed by atoms with van der Waals surface area (Å²) in [5.74, 6) is 0. The molecule has 0 aliphatic heterocycles. The van der Waals surface area contributed by atoms with Gasteiger partial charge in [-0.05, 0) is 0 Å². The third-order valence-corrected chi connectivity index (χ3v) is 0.710.